The minimum Gasteiger partial charge on any atom is -0.375 e. The van der Waals surface area contributed by atoms with Gasteiger partial charge in [-0.15, -0.1) is 11.3 Å². The molecule has 0 amide bonds. The van der Waals surface area contributed by atoms with Crippen LogP contribution >= 0.6 is 22.9 Å². The first-order valence-electron chi connectivity index (χ1n) is 6.13. The molecule has 0 aliphatic heterocycles. The SMILES string of the molecule is Cc1ccc(Cl)c(Cc2sc(N)nc2C2CC2)c1. The third-order valence-electron chi connectivity index (χ3n) is 3.26. The second-order valence-electron chi connectivity index (χ2n) is 4.91. The van der Waals surface area contributed by atoms with Gasteiger partial charge in [-0.1, -0.05) is 29.3 Å². The summed E-state index contributed by atoms with van der Waals surface area (Å²) in [5.41, 5.74) is 9.45. The van der Waals surface area contributed by atoms with Crippen molar-refractivity contribution in [2.75, 3.05) is 5.73 Å². The molecular weight excluding hydrogens is 264 g/mol. The number of thiazole rings is 1. The van der Waals surface area contributed by atoms with Crippen LogP contribution in [0.1, 0.15) is 40.5 Å². The lowest BCUT2D eigenvalue weighted by Crippen LogP contribution is -1.93. The number of nitrogen functional groups attached to an aromatic ring is 1. The van der Waals surface area contributed by atoms with Crippen molar-refractivity contribution < 1.29 is 0 Å². The first-order chi connectivity index (χ1) is 8.63. The van der Waals surface area contributed by atoms with Crippen molar-refractivity contribution in [3.8, 4) is 0 Å². The lowest BCUT2D eigenvalue weighted by atomic mass is 10.1. The fourth-order valence-corrected chi connectivity index (χ4v) is 3.32. The molecule has 0 bridgehead atoms. The van der Waals surface area contributed by atoms with E-state index in [-0.39, 0.29) is 0 Å². The third-order valence-corrected chi connectivity index (χ3v) is 4.53. The van der Waals surface area contributed by atoms with Crippen LogP contribution in [-0.4, -0.2) is 4.98 Å². The number of hydrogen-bond acceptors (Lipinski definition) is 3. The van der Waals surface area contributed by atoms with Crippen LogP contribution in [0.25, 0.3) is 0 Å². The number of rotatable bonds is 3. The predicted molar refractivity (Wildman–Crippen MR) is 77.5 cm³/mol. The van der Waals surface area contributed by atoms with Gasteiger partial charge in [-0.2, -0.15) is 0 Å². The Bertz CT molecular complexity index is 587. The summed E-state index contributed by atoms with van der Waals surface area (Å²) in [5.74, 6) is 0.636. The molecule has 1 heterocycles. The van der Waals surface area contributed by atoms with E-state index in [0.717, 1.165) is 11.4 Å². The molecule has 3 rings (SSSR count). The standard InChI is InChI=1S/C14H15ClN2S/c1-8-2-5-11(15)10(6-8)7-12-13(9-3-4-9)17-14(16)18-12/h2,5-6,9H,3-4,7H2,1H3,(H2,16,17). The second kappa shape index (κ2) is 4.56. The first-order valence-corrected chi connectivity index (χ1v) is 7.33. The Morgan fingerprint density at radius 1 is 1.44 bits per heavy atom. The molecule has 1 aliphatic carbocycles. The highest BCUT2D eigenvalue weighted by Crippen LogP contribution is 2.44. The maximum Gasteiger partial charge on any atom is 0.180 e. The molecule has 0 saturated heterocycles. The number of benzene rings is 1. The molecule has 0 radical (unpaired) electrons. The largest absolute Gasteiger partial charge is 0.375 e. The third kappa shape index (κ3) is 2.38. The molecule has 4 heteroatoms. The van der Waals surface area contributed by atoms with E-state index in [1.165, 1.54) is 34.5 Å². The Labute approximate surface area is 116 Å². The minimum absolute atomic E-state index is 0.636. The molecule has 1 saturated carbocycles. The fourth-order valence-electron chi connectivity index (χ4n) is 2.20. The van der Waals surface area contributed by atoms with Crippen molar-refractivity contribution >= 4 is 28.1 Å². The number of aryl methyl sites for hydroxylation is 1. The van der Waals surface area contributed by atoms with Gasteiger partial charge in [0, 0.05) is 22.2 Å². The van der Waals surface area contributed by atoms with Crippen LogP contribution in [0, 0.1) is 6.92 Å². The van der Waals surface area contributed by atoms with Crippen LogP contribution in [0.2, 0.25) is 5.02 Å². The summed E-state index contributed by atoms with van der Waals surface area (Å²) >= 11 is 7.85. The van der Waals surface area contributed by atoms with E-state index in [1.54, 1.807) is 11.3 Å². The maximum absolute atomic E-state index is 6.25. The van der Waals surface area contributed by atoms with Crippen LogP contribution < -0.4 is 5.73 Å². The van der Waals surface area contributed by atoms with Gasteiger partial charge in [0.25, 0.3) is 0 Å². The molecule has 2 N–H and O–H groups in total. The summed E-state index contributed by atoms with van der Waals surface area (Å²) in [5, 5.41) is 1.50. The van der Waals surface area contributed by atoms with Crippen molar-refractivity contribution in [2.24, 2.45) is 0 Å². The highest BCUT2D eigenvalue weighted by molar-refractivity contribution is 7.15. The Morgan fingerprint density at radius 3 is 2.94 bits per heavy atom. The molecule has 2 aromatic rings. The van der Waals surface area contributed by atoms with E-state index in [4.69, 9.17) is 17.3 Å². The van der Waals surface area contributed by atoms with E-state index < -0.39 is 0 Å². The highest BCUT2D eigenvalue weighted by Gasteiger charge is 2.29. The van der Waals surface area contributed by atoms with Crippen LogP contribution in [0.4, 0.5) is 5.13 Å². The number of halogens is 1. The molecule has 0 unspecified atom stereocenters. The van der Waals surface area contributed by atoms with Crippen molar-refractivity contribution in [2.45, 2.75) is 32.1 Å². The Balaban J connectivity index is 1.94. The topological polar surface area (TPSA) is 38.9 Å². The van der Waals surface area contributed by atoms with Crippen LogP contribution in [0.3, 0.4) is 0 Å². The molecular formula is C14H15ClN2S. The zero-order valence-corrected chi connectivity index (χ0v) is 11.8. The van der Waals surface area contributed by atoms with Crippen molar-refractivity contribution in [3.05, 3.63) is 44.9 Å². The highest BCUT2D eigenvalue weighted by atomic mass is 35.5. The number of anilines is 1. The molecule has 94 valence electrons. The monoisotopic (exact) mass is 278 g/mol. The van der Waals surface area contributed by atoms with E-state index in [0.29, 0.717) is 11.0 Å². The lowest BCUT2D eigenvalue weighted by molar-refractivity contribution is 1.01. The average molecular weight is 279 g/mol. The number of aromatic nitrogens is 1. The minimum atomic E-state index is 0.636. The zero-order chi connectivity index (χ0) is 12.7. The van der Waals surface area contributed by atoms with Gasteiger partial charge in [0.05, 0.1) is 5.69 Å². The predicted octanol–water partition coefficient (Wildman–Crippen LogP) is 4.16. The molecule has 0 atom stereocenters. The van der Waals surface area contributed by atoms with E-state index in [9.17, 15) is 0 Å². The van der Waals surface area contributed by atoms with E-state index >= 15 is 0 Å². The molecule has 2 nitrogen and oxygen atoms in total. The normalized spacial score (nSPS) is 15.0. The molecule has 1 aromatic heterocycles. The van der Waals surface area contributed by atoms with Gasteiger partial charge < -0.3 is 5.73 Å². The summed E-state index contributed by atoms with van der Waals surface area (Å²) in [6.07, 6.45) is 3.34. The lowest BCUT2D eigenvalue weighted by Gasteiger charge is -2.05. The number of hydrogen-bond donors (Lipinski definition) is 1. The van der Waals surface area contributed by atoms with Gasteiger partial charge in [-0.05, 0) is 31.4 Å². The Kier molecular flexibility index (Phi) is 3.04. The van der Waals surface area contributed by atoms with Crippen LogP contribution in [0.5, 0.6) is 0 Å². The molecule has 1 fully saturated rings. The average Bonchev–Trinajstić information content (AvgIpc) is 3.09. The van der Waals surface area contributed by atoms with E-state index in [2.05, 4.69) is 18.0 Å². The van der Waals surface area contributed by atoms with Crippen molar-refractivity contribution in [1.29, 1.82) is 0 Å². The Hall–Kier alpha value is -1.06. The summed E-state index contributed by atoms with van der Waals surface area (Å²) in [6, 6.07) is 6.15. The van der Waals surface area contributed by atoms with Gasteiger partial charge >= 0.3 is 0 Å². The summed E-state index contributed by atoms with van der Waals surface area (Å²) in [7, 11) is 0. The van der Waals surface area contributed by atoms with Gasteiger partial charge in [0.15, 0.2) is 5.13 Å². The summed E-state index contributed by atoms with van der Waals surface area (Å²) in [4.78, 5) is 5.75. The smallest absolute Gasteiger partial charge is 0.180 e. The van der Waals surface area contributed by atoms with Gasteiger partial charge in [0.1, 0.15) is 0 Å². The van der Waals surface area contributed by atoms with Crippen molar-refractivity contribution in [1.82, 2.24) is 4.98 Å². The van der Waals surface area contributed by atoms with Crippen LogP contribution in [-0.2, 0) is 6.42 Å². The molecule has 18 heavy (non-hydrogen) atoms. The van der Waals surface area contributed by atoms with E-state index in [1.807, 2.05) is 12.1 Å². The zero-order valence-electron chi connectivity index (χ0n) is 10.2. The van der Waals surface area contributed by atoms with Crippen LogP contribution in [0.15, 0.2) is 18.2 Å². The molecule has 1 aliphatic rings. The Morgan fingerprint density at radius 2 is 2.22 bits per heavy atom. The number of nitrogens with zero attached hydrogens (tertiary/aromatic N) is 1. The maximum atomic E-state index is 6.25. The molecule has 0 spiro atoms. The number of nitrogens with two attached hydrogens (primary N) is 1. The summed E-state index contributed by atoms with van der Waals surface area (Å²) in [6.45, 7) is 2.09. The quantitative estimate of drug-likeness (QED) is 0.916. The fraction of sp³-hybridized carbons (Fsp3) is 0.357. The summed E-state index contributed by atoms with van der Waals surface area (Å²) < 4.78 is 0. The van der Waals surface area contributed by atoms with Gasteiger partial charge in [0.2, 0.25) is 0 Å². The second-order valence-corrected chi connectivity index (χ2v) is 6.43. The van der Waals surface area contributed by atoms with Gasteiger partial charge in [-0.25, -0.2) is 4.98 Å². The first kappa shape index (κ1) is 12.0. The van der Waals surface area contributed by atoms with Crippen molar-refractivity contribution in [3.63, 3.8) is 0 Å². The molecule has 1 aromatic carbocycles. The van der Waals surface area contributed by atoms with Gasteiger partial charge in [-0.3, -0.25) is 0 Å².